The van der Waals surface area contributed by atoms with Crippen molar-refractivity contribution in [1.29, 1.82) is 0 Å². The van der Waals surface area contributed by atoms with Gasteiger partial charge in [-0.25, -0.2) is 14.2 Å². The standard InChI is InChI=1S/C17H29F2N7O/c18-9-6-23-16-13(15(20)25-26(16)8-9)17(27)24-12-7-21-5-3-10(12)11-2-1-4-22-14(11)19/h8,10-16,21-23,25H,1-7,20H2,(H,24,27). The number of alkyl halides is 1. The van der Waals surface area contributed by atoms with E-state index < -0.39 is 24.5 Å². The van der Waals surface area contributed by atoms with Gasteiger partial charge in [0.2, 0.25) is 5.91 Å². The highest BCUT2D eigenvalue weighted by Crippen LogP contribution is 2.32. The van der Waals surface area contributed by atoms with Crippen LogP contribution in [0.15, 0.2) is 12.0 Å². The zero-order chi connectivity index (χ0) is 19.0. The first-order valence-electron chi connectivity index (χ1n) is 9.83. The van der Waals surface area contributed by atoms with Crippen molar-refractivity contribution in [3.63, 3.8) is 0 Å². The van der Waals surface area contributed by atoms with Crippen LogP contribution in [0.5, 0.6) is 0 Å². The lowest BCUT2D eigenvalue weighted by atomic mass is 9.77. The molecule has 0 aromatic carbocycles. The number of halogens is 2. The first-order chi connectivity index (χ1) is 13.0. The van der Waals surface area contributed by atoms with Gasteiger partial charge in [0.25, 0.3) is 0 Å². The van der Waals surface area contributed by atoms with Crippen molar-refractivity contribution in [3.8, 4) is 0 Å². The molecule has 27 heavy (non-hydrogen) atoms. The number of piperidine rings is 2. The monoisotopic (exact) mass is 385 g/mol. The number of nitrogens with two attached hydrogens (primary N) is 1. The summed E-state index contributed by atoms with van der Waals surface area (Å²) in [6.07, 6.45) is 1.89. The Morgan fingerprint density at radius 3 is 2.93 bits per heavy atom. The molecular formula is C17H29F2N7O. The Morgan fingerprint density at radius 2 is 2.11 bits per heavy atom. The van der Waals surface area contributed by atoms with Crippen molar-refractivity contribution < 1.29 is 13.6 Å². The molecule has 4 heterocycles. The van der Waals surface area contributed by atoms with E-state index in [1.807, 2.05) is 0 Å². The van der Waals surface area contributed by atoms with E-state index in [1.165, 1.54) is 11.2 Å². The predicted octanol–water partition coefficient (Wildman–Crippen LogP) is -1.16. The highest BCUT2D eigenvalue weighted by molar-refractivity contribution is 5.81. The molecule has 0 bridgehead atoms. The zero-order valence-corrected chi connectivity index (χ0v) is 15.3. The third kappa shape index (κ3) is 3.81. The molecule has 7 unspecified atom stereocenters. The van der Waals surface area contributed by atoms with Crippen LogP contribution in [0.1, 0.15) is 19.3 Å². The number of carbonyl (C=O) groups is 1. The van der Waals surface area contributed by atoms with Gasteiger partial charge in [-0.3, -0.25) is 20.4 Å². The van der Waals surface area contributed by atoms with Crippen LogP contribution in [0.25, 0.3) is 0 Å². The van der Waals surface area contributed by atoms with E-state index in [-0.39, 0.29) is 36.2 Å². The first-order valence-corrected chi connectivity index (χ1v) is 9.83. The average Bonchev–Trinajstić information content (AvgIpc) is 2.97. The van der Waals surface area contributed by atoms with Crippen molar-refractivity contribution in [3.05, 3.63) is 12.0 Å². The molecule has 0 saturated carbocycles. The van der Waals surface area contributed by atoms with Crippen LogP contribution in [-0.4, -0.2) is 61.8 Å². The van der Waals surface area contributed by atoms with Crippen LogP contribution in [0.4, 0.5) is 8.78 Å². The van der Waals surface area contributed by atoms with Gasteiger partial charge in [0.15, 0.2) is 6.30 Å². The summed E-state index contributed by atoms with van der Waals surface area (Å²) in [5, 5.41) is 13.8. The molecule has 152 valence electrons. The maximum absolute atomic E-state index is 14.4. The smallest absolute Gasteiger partial charge is 0.229 e. The van der Waals surface area contributed by atoms with Crippen molar-refractivity contribution in [2.45, 2.75) is 43.9 Å². The van der Waals surface area contributed by atoms with Crippen LogP contribution in [0, 0.1) is 17.8 Å². The number of amides is 1. The number of fused-ring (bicyclic) bond motifs is 1. The largest absolute Gasteiger partial charge is 0.351 e. The van der Waals surface area contributed by atoms with Crippen LogP contribution < -0.4 is 32.4 Å². The Kier molecular flexibility index (Phi) is 5.60. The third-order valence-corrected chi connectivity index (χ3v) is 6.23. The van der Waals surface area contributed by atoms with Gasteiger partial charge in [-0.2, -0.15) is 0 Å². The minimum atomic E-state index is -1.03. The number of carbonyl (C=O) groups excluding carboxylic acids is 1. The van der Waals surface area contributed by atoms with Gasteiger partial charge in [-0.15, -0.1) is 0 Å². The number of hydrogen-bond donors (Lipinski definition) is 6. The van der Waals surface area contributed by atoms with E-state index in [0.29, 0.717) is 13.1 Å². The zero-order valence-electron chi connectivity index (χ0n) is 15.3. The molecular weight excluding hydrogens is 356 g/mol. The Morgan fingerprint density at radius 1 is 1.26 bits per heavy atom. The maximum atomic E-state index is 14.4. The minimum absolute atomic E-state index is 0.0736. The van der Waals surface area contributed by atoms with Crippen molar-refractivity contribution >= 4 is 5.91 Å². The Hall–Kier alpha value is -1.33. The highest BCUT2D eigenvalue weighted by Gasteiger charge is 2.46. The van der Waals surface area contributed by atoms with E-state index in [9.17, 15) is 13.6 Å². The van der Waals surface area contributed by atoms with E-state index in [4.69, 9.17) is 5.73 Å². The summed E-state index contributed by atoms with van der Waals surface area (Å²) in [6, 6.07) is -0.147. The van der Waals surface area contributed by atoms with E-state index >= 15 is 0 Å². The summed E-state index contributed by atoms with van der Waals surface area (Å²) in [7, 11) is 0. The molecule has 7 atom stereocenters. The third-order valence-electron chi connectivity index (χ3n) is 6.23. The first kappa shape index (κ1) is 19.0. The highest BCUT2D eigenvalue weighted by atomic mass is 19.1. The van der Waals surface area contributed by atoms with E-state index in [2.05, 4.69) is 26.7 Å². The van der Waals surface area contributed by atoms with Gasteiger partial charge in [0.05, 0.1) is 18.9 Å². The number of nitrogens with zero attached hydrogens (tertiary/aromatic N) is 1. The second kappa shape index (κ2) is 7.96. The Labute approximate surface area is 157 Å². The second-order valence-corrected chi connectivity index (χ2v) is 7.92. The van der Waals surface area contributed by atoms with Crippen molar-refractivity contribution in [2.24, 2.45) is 23.5 Å². The SMILES string of the molecule is NC1NN2C=C(F)CNC2C1C(=O)NC1CNCCC1C1CCCNC1F. The minimum Gasteiger partial charge on any atom is -0.351 e. The molecule has 3 saturated heterocycles. The molecule has 4 aliphatic rings. The van der Waals surface area contributed by atoms with E-state index in [1.54, 1.807) is 0 Å². The molecule has 3 fully saturated rings. The van der Waals surface area contributed by atoms with Crippen LogP contribution in [0.2, 0.25) is 0 Å². The lowest BCUT2D eigenvalue weighted by Gasteiger charge is -2.41. The van der Waals surface area contributed by atoms with Gasteiger partial charge in [0, 0.05) is 18.5 Å². The van der Waals surface area contributed by atoms with Gasteiger partial charge >= 0.3 is 0 Å². The van der Waals surface area contributed by atoms with Crippen LogP contribution in [0.3, 0.4) is 0 Å². The van der Waals surface area contributed by atoms with Gasteiger partial charge in [0.1, 0.15) is 17.9 Å². The van der Waals surface area contributed by atoms with Gasteiger partial charge in [-0.1, -0.05) is 0 Å². The summed E-state index contributed by atoms with van der Waals surface area (Å²) < 4.78 is 27.9. The number of hydrogen-bond acceptors (Lipinski definition) is 7. The lowest BCUT2D eigenvalue weighted by Crippen LogP contribution is -2.59. The Bertz CT molecular complexity index is 592. The van der Waals surface area contributed by atoms with Crippen molar-refractivity contribution in [1.82, 2.24) is 31.7 Å². The topological polar surface area (TPSA) is 106 Å². The summed E-state index contributed by atoms with van der Waals surface area (Å²) in [6.45, 7) is 2.22. The molecule has 7 N–H and O–H groups in total. The normalized spacial score (nSPS) is 42.4. The summed E-state index contributed by atoms with van der Waals surface area (Å²) in [5.41, 5.74) is 9.02. The quantitative estimate of drug-likeness (QED) is 0.340. The molecule has 4 rings (SSSR count). The van der Waals surface area contributed by atoms with Crippen LogP contribution >= 0.6 is 0 Å². The van der Waals surface area contributed by atoms with Crippen LogP contribution in [-0.2, 0) is 4.79 Å². The molecule has 8 nitrogen and oxygen atoms in total. The number of hydrazine groups is 1. The fourth-order valence-corrected chi connectivity index (χ4v) is 4.88. The van der Waals surface area contributed by atoms with Gasteiger partial charge in [-0.05, 0) is 38.3 Å². The summed E-state index contributed by atoms with van der Waals surface area (Å²) in [4.78, 5) is 13.0. The molecule has 0 aromatic heterocycles. The molecule has 0 aromatic rings. The average molecular weight is 385 g/mol. The predicted molar refractivity (Wildman–Crippen MR) is 96.0 cm³/mol. The molecule has 0 aliphatic carbocycles. The van der Waals surface area contributed by atoms with Crippen molar-refractivity contribution in [2.75, 3.05) is 26.2 Å². The maximum Gasteiger partial charge on any atom is 0.229 e. The Balaban J connectivity index is 1.44. The fourth-order valence-electron chi connectivity index (χ4n) is 4.88. The molecule has 1 amide bonds. The van der Waals surface area contributed by atoms with E-state index in [0.717, 1.165) is 25.8 Å². The summed E-state index contributed by atoms with van der Waals surface area (Å²) >= 11 is 0. The molecule has 4 aliphatic heterocycles. The summed E-state index contributed by atoms with van der Waals surface area (Å²) in [5.74, 6) is -1.09. The number of nitrogens with one attached hydrogen (secondary N) is 5. The molecule has 0 radical (unpaired) electrons. The lowest BCUT2D eigenvalue weighted by molar-refractivity contribution is -0.128. The number of rotatable bonds is 3. The second-order valence-electron chi connectivity index (χ2n) is 7.92. The fraction of sp³-hybridized carbons (Fsp3) is 0.824. The van der Waals surface area contributed by atoms with Gasteiger partial charge < -0.3 is 16.4 Å². The molecule has 0 spiro atoms. The molecule has 10 heteroatoms.